The minimum Gasteiger partial charge on any atom is -0.461 e. The van der Waals surface area contributed by atoms with Gasteiger partial charge in [0.25, 0.3) is 5.91 Å². The summed E-state index contributed by atoms with van der Waals surface area (Å²) >= 11 is 0. The first kappa shape index (κ1) is 27.5. The number of ether oxygens (including phenoxy) is 2. The van der Waals surface area contributed by atoms with Gasteiger partial charge in [-0.25, -0.2) is 4.79 Å². The van der Waals surface area contributed by atoms with Crippen LogP contribution in [0.1, 0.15) is 30.4 Å². The molecule has 2 amide bonds. The van der Waals surface area contributed by atoms with Gasteiger partial charge in [0.2, 0.25) is 0 Å². The Morgan fingerprint density at radius 2 is 1.29 bits per heavy atom. The summed E-state index contributed by atoms with van der Waals surface area (Å²) in [5.41, 5.74) is 1.65. The van der Waals surface area contributed by atoms with Crippen LogP contribution in [0.2, 0.25) is 0 Å². The Kier molecular flexibility index (Phi) is 11.9. The van der Waals surface area contributed by atoms with Gasteiger partial charge >= 0.3 is 12.1 Å². The molecule has 35 heavy (non-hydrogen) atoms. The van der Waals surface area contributed by atoms with Gasteiger partial charge in [-0.2, -0.15) is 0 Å². The van der Waals surface area contributed by atoms with Gasteiger partial charge in [0, 0.05) is 19.5 Å². The number of aliphatic hydroxyl groups excluding tert-OH is 2. The van der Waals surface area contributed by atoms with Crippen molar-refractivity contribution in [2.45, 2.75) is 44.7 Å². The maximum atomic E-state index is 12.0. The number of ketones is 1. The summed E-state index contributed by atoms with van der Waals surface area (Å²) in [4.78, 5) is 47.4. The Balaban J connectivity index is 1.56. The Morgan fingerprint density at radius 1 is 0.714 bits per heavy atom. The lowest BCUT2D eigenvalue weighted by atomic mass is 10.0. The standard InChI is InChI=1S/C25H30N2O8/c28-20(12-7-14-27-25(33)35-17-19-10-5-2-6-11-19)22(30)23(31)24(32)26-15-13-21(29)34-16-18-8-3-1-4-9-18/h1-6,8-11,22-23,30-31H,7,12-17H2,(H,26,32)(H,27,33)/t22-,23-/m0/s1. The van der Waals surface area contributed by atoms with Crippen LogP contribution >= 0.6 is 0 Å². The predicted molar refractivity (Wildman–Crippen MR) is 125 cm³/mol. The topological polar surface area (TPSA) is 151 Å². The first-order valence-corrected chi connectivity index (χ1v) is 11.2. The Labute approximate surface area is 203 Å². The van der Waals surface area contributed by atoms with Crippen LogP contribution in [0.25, 0.3) is 0 Å². The normalized spacial score (nSPS) is 12.2. The molecule has 0 aromatic heterocycles. The lowest BCUT2D eigenvalue weighted by molar-refractivity contribution is -0.146. The smallest absolute Gasteiger partial charge is 0.407 e. The lowest BCUT2D eigenvalue weighted by Crippen LogP contribution is -2.46. The van der Waals surface area contributed by atoms with Crippen LogP contribution in [0.3, 0.4) is 0 Å². The van der Waals surface area contributed by atoms with Gasteiger partial charge < -0.3 is 30.3 Å². The fraction of sp³-hybridized carbons (Fsp3) is 0.360. The highest BCUT2D eigenvalue weighted by Crippen LogP contribution is 2.04. The minimum absolute atomic E-state index is 0.100. The van der Waals surface area contributed by atoms with Crippen molar-refractivity contribution in [2.24, 2.45) is 0 Å². The van der Waals surface area contributed by atoms with E-state index in [1.165, 1.54) is 0 Å². The molecule has 0 saturated carbocycles. The first-order valence-electron chi connectivity index (χ1n) is 11.2. The average Bonchev–Trinajstić information content (AvgIpc) is 2.88. The van der Waals surface area contributed by atoms with Crippen molar-refractivity contribution < 1.29 is 38.9 Å². The molecule has 0 unspecified atom stereocenters. The number of aliphatic hydroxyl groups is 2. The van der Waals surface area contributed by atoms with Crippen LogP contribution in [0.4, 0.5) is 4.79 Å². The number of Topliss-reactive ketones (excluding diaryl/α,β-unsaturated/α-hetero) is 1. The van der Waals surface area contributed by atoms with E-state index in [2.05, 4.69) is 10.6 Å². The van der Waals surface area contributed by atoms with E-state index >= 15 is 0 Å². The van der Waals surface area contributed by atoms with Crippen LogP contribution < -0.4 is 10.6 Å². The van der Waals surface area contributed by atoms with Crippen molar-refractivity contribution in [1.29, 1.82) is 0 Å². The van der Waals surface area contributed by atoms with E-state index in [4.69, 9.17) is 9.47 Å². The SMILES string of the molecule is O=C(CCNC(=O)[C@@H](O)[C@@H](O)C(=O)CCCNC(=O)OCc1ccccc1)OCc1ccccc1. The summed E-state index contributed by atoms with van der Waals surface area (Å²) in [6, 6.07) is 18.2. The number of carbonyl (C=O) groups is 4. The molecule has 0 heterocycles. The average molecular weight is 487 g/mol. The van der Waals surface area contributed by atoms with Crippen molar-refractivity contribution in [3.8, 4) is 0 Å². The van der Waals surface area contributed by atoms with Crippen LogP contribution in [0.5, 0.6) is 0 Å². The van der Waals surface area contributed by atoms with E-state index in [-0.39, 0.29) is 45.6 Å². The largest absolute Gasteiger partial charge is 0.461 e. The van der Waals surface area contributed by atoms with E-state index in [1.807, 2.05) is 48.5 Å². The molecule has 188 valence electrons. The summed E-state index contributed by atoms with van der Waals surface area (Å²) in [6.45, 7) is 0.193. The fourth-order valence-electron chi connectivity index (χ4n) is 2.90. The number of carbonyl (C=O) groups excluding carboxylic acids is 4. The Bertz CT molecular complexity index is 952. The van der Waals surface area contributed by atoms with Crippen LogP contribution in [0.15, 0.2) is 60.7 Å². The van der Waals surface area contributed by atoms with Crippen molar-refractivity contribution in [2.75, 3.05) is 13.1 Å². The molecule has 0 spiro atoms. The van der Waals surface area contributed by atoms with Crippen molar-refractivity contribution in [3.05, 3.63) is 71.8 Å². The molecule has 2 atom stereocenters. The monoisotopic (exact) mass is 486 g/mol. The van der Waals surface area contributed by atoms with Gasteiger partial charge in [-0.1, -0.05) is 60.7 Å². The third kappa shape index (κ3) is 10.8. The minimum atomic E-state index is -1.98. The van der Waals surface area contributed by atoms with Crippen molar-refractivity contribution in [3.63, 3.8) is 0 Å². The zero-order valence-electron chi connectivity index (χ0n) is 19.2. The molecule has 0 aliphatic carbocycles. The van der Waals surface area contributed by atoms with Gasteiger partial charge in [-0.05, 0) is 17.5 Å². The predicted octanol–water partition coefficient (Wildman–Crippen LogP) is 1.23. The fourth-order valence-corrected chi connectivity index (χ4v) is 2.90. The maximum Gasteiger partial charge on any atom is 0.407 e. The van der Waals surface area contributed by atoms with E-state index in [0.717, 1.165) is 11.1 Å². The molecule has 0 aliphatic rings. The summed E-state index contributed by atoms with van der Waals surface area (Å²) in [5.74, 6) is -2.28. The Hall–Kier alpha value is -3.76. The lowest BCUT2D eigenvalue weighted by Gasteiger charge is -2.16. The quantitative estimate of drug-likeness (QED) is 0.230. The molecule has 2 rings (SSSR count). The summed E-state index contributed by atoms with van der Waals surface area (Å²) in [6.07, 6.45) is -4.68. The first-order chi connectivity index (χ1) is 16.9. The Morgan fingerprint density at radius 3 is 1.89 bits per heavy atom. The van der Waals surface area contributed by atoms with Gasteiger partial charge in [-0.3, -0.25) is 14.4 Å². The van der Waals surface area contributed by atoms with Crippen LogP contribution in [0, 0.1) is 0 Å². The number of nitrogens with one attached hydrogen (secondary N) is 2. The van der Waals surface area contributed by atoms with Gasteiger partial charge in [0.05, 0.1) is 6.42 Å². The zero-order chi connectivity index (χ0) is 25.5. The van der Waals surface area contributed by atoms with E-state index < -0.39 is 36.0 Å². The second-order valence-electron chi connectivity index (χ2n) is 7.64. The second kappa shape index (κ2) is 15.2. The van der Waals surface area contributed by atoms with E-state index in [0.29, 0.717) is 0 Å². The highest BCUT2D eigenvalue weighted by Gasteiger charge is 2.29. The zero-order valence-corrected chi connectivity index (χ0v) is 19.2. The molecule has 0 fully saturated rings. The number of rotatable bonds is 14. The molecule has 4 N–H and O–H groups in total. The van der Waals surface area contributed by atoms with E-state index in [1.54, 1.807) is 12.1 Å². The summed E-state index contributed by atoms with van der Waals surface area (Å²) < 4.78 is 10.1. The molecule has 0 bridgehead atoms. The summed E-state index contributed by atoms with van der Waals surface area (Å²) in [5, 5.41) is 24.6. The highest BCUT2D eigenvalue weighted by molar-refractivity contribution is 5.91. The van der Waals surface area contributed by atoms with Gasteiger partial charge in [-0.15, -0.1) is 0 Å². The number of esters is 1. The highest BCUT2D eigenvalue weighted by atomic mass is 16.5. The molecular formula is C25H30N2O8. The third-order valence-corrected chi connectivity index (χ3v) is 4.85. The van der Waals surface area contributed by atoms with E-state index in [9.17, 15) is 29.4 Å². The van der Waals surface area contributed by atoms with Crippen LogP contribution in [-0.2, 0) is 37.1 Å². The molecule has 0 saturated heterocycles. The molecule has 10 nitrogen and oxygen atoms in total. The van der Waals surface area contributed by atoms with Gasteiger partial charge in [0.15, 0.2) is 11.9 Å². The molecule has 0 aliphatic heterocycles. The van der Waals surface area contributed by atoms with Crippen molar-refractivity contribution in [1.82, 2.24) is 10.6 Å². The number of hydrogen-bond acceptors (Lipinski definition) is 8. The number of benzene rings is 2. The third-order valence-electron chi connectivity index (χ3n) is 4.85. The maximum absolute atomic E-state index is 12.0. The number of alkyl carbamates (subject to hydrolysis) is 1. The molecule has 2 aromatic rings. The molecule has 2 aromatic carbocycles. The van der Waals surface area contributed by atoms with Crippen LogP contribution in [-0.4, -0.2) is 59.3 Å². The summed E-state index contributed by atoms with van der Waals surface area (Å²) in [7, 11) is 0. The number of hydrogen-bond donors (Lipinski definition) is 4. The number of amides is 2. The molecule has 10 heteroatoms. The molecule has 0 radical (unpaired) electrons. The van der Waals surface area contributed by atoms with Gasteiger partial charge in [0.1, 0.15) is 19.3 Å². The molecular weight excluding hydrogens is 456 g/mol. The second-order valence-corrected chi connectivity index (χ2v) is 7.64. The van der Waals surface area contributed by atoms with Crippen molar-refractivity contribution >= 4 is 23.8 Å².